The van der Waals surface area contributed by atoms with E-state index in [2.05, 4.69) is 42.3 Å². The lowest BCUT2D eigenvalue weighted by Gasteiger charge is -2.17. The molecule has 0 aromatic carbocycles. The van der Waals surface area contributed by atoms with Crippen molar-refractivity contribution in [1.29, 1.82) is 0 Å². The zero-order chi connectivity index (χ0) is 15.5. The summed E-state index contributed by atoms with van der Waals surface area (Å²) in [6.45, 7) is 2.78. The van der Waals surface area contributed by atoms with Gasteiger partial charge in [-0.05, 0) is 46.5 Å². The molecular formula is C15H18BrN5O. The maximum atomic E-state index is 11.8. The summed E-state index contributed by atoms with van der Waals surface area (Å²) in [6.07, 6.45) is 5.95. The Labute approximate surface area is 137 Å². The van der Waals surface area contributed by atoms with Crippen LogP contribution in [0.4, 0.5) is 11.5 Å². The molecule has 0 bridgehead atoms. The molecule has 116 valence electrons. The van der Waals surface area contributed by atoms with Crippen LogP contribution in [-0.4, -0.2) is 27.9 Å². The second-order valence-corrected chi connectivity index (χ2v) is 6.16. The summed E-state index contributed by atoms with van der Waals surface area (Å²) in [5.41, 5.74) is 1.67. The molecule has 1 saturated heterocycles. The lowest BCUT2D eigenvalue weighted by molar-refractivity contribution is 0.703. The van der Waals surface area contributed by atoms with Gasteiger partial charge in [0.2, 0.25) is 0 Å². The Morgan fingerprint density at radius 3 is 2.91 bits per heavy atom. The Bertz CT molecular complexity index is 724. The van der Waals surface area contributed by atoms with Crippen LogP contribution in [0.25, 0.3) is 0 Å². The molecule has 1 aliphatic heterocycles. The van der Waals surface area contributed by atoms with E-state index < -0.39 is 0 Å². The van der Waals surface area contributed by atoms with Gasteiger partial charge in [-0.25, -0.2) is 9.67 Å². The first-order valence-corrected chi connectivity index (χ1v) is 8.10. The molecule has 0 radical (unpaired) electrons. The zero-order valence-corrected chi connectivity index (χ0v) is 14.0. The summed E-state index contributed by atoms with van der Waals surface area (Å²) >= 11 is 3.32. The number of nitrogens with zero attached hydrogens (tertiary/aromatic N) is 4. The number of aryl methyl sites for hydroxylation is 1. The lowest BCUT2D eigenvalue weighted by Crippen LogP contribution is -2.21. The fraction of sp³-hybridized carbons (Fsp3) is 0.400. The smallest absolute Gasteiger partial charge is 0.282 e. The molecule has 22 heavy (non-hydrogen) atoms. The highest BCUT2D eigenvalue weighted by molar-refractivity contribution is 9.10. The highest BCUT2D eigenvalue weighted by Crippen LogP contribution is 2.20. The summed E-state index contributed by atoms with van der Waals surface area (Å²) in [6, 6.07) is 4.08. The van der Waals surface area contributed by atoms with E-state index in [1.807, 2.05) is 12.3 Å². The van der Waals surface area contributed by atoms with E-state index in [1.165, 1.54) is 17.5 Å². The molecule has 2 aromatic heterocycles. The molecular weight excluding hydrogens is 346 g/mol. The number of aromatic nitrogens is 3. The van der Waals surface area contributed by atoms with E-state index in [4.69, 9.17) is 0 Å². The highest BCUT2D eigenvalue weighted by Gasteiger charge is 2.13. The quantitative estimate of drug-likeness (QED) is 0.901. The fourth-order valence-corrected chi connectivity index (χ4v) is 3.02. The van der Waals surface area contributed by atoms with Gasteiger partial charge in [0.1, 0.15) is 10.3 Å². The first-order valence-electron chi connectivity index (χ1n) is 7.31. The van der Waals surface area contributed by atoms with Gasteiger partial charge in [0.15, 0.2) is 0 Å². The van der Waals surface area contributed by atoms with Crippen LogP contribution in [-0.2, 0) is 13.6 Å². The predicted octanol–water partition coefficient (Wildman–Crippen LogP) is 2.15. The number of nitrogens with one attached hydrogen (secondary N) is 1. The second kappa shape index (κ2) is 6.48. The third-order valence-corrected chi connectivity index (χ3v) is 4.57. The SMILES string of the molecule is Cn1ncc(NCc2ccnc(N3CCCC3)c2)c(Br)c1=O. The normalized spacial score (nSPS) is 14.4. The topological polar surface area (TPSA) is 63.1 Å². The van der Waals surface area contributed by atoms with Crippen LogP contribution < -0.4 is 15.8 Å². The van der Waals surface area contributed by atoms with Gasteiger partial charge in [0.05, 0.1) is 11.9 Å². The first kappa shape index (κ1) is 15.0. The van der Waals surface area contributed by atoms with E-state index in [0.717, 1.165) is 24.5 Å². The average molecular weight is 364 g/mol. The molecule has 1 N–H and O–H groups in total. The number of pyridine rings is 1. The number of hydrogen-bond acceptors (Lipinski definition) is 5. The van der Waals surface area contributed by atoms with Crippen molar-refractivity contribution in [3.63, 3.8) is 0 Å². The first-order chi connectivity index (χ1) is 10.6. The van der Waals surface area contributed by atoms with Gasteiger partial charge in [0.25, 0.3) is 5.56 Å². The number of hydrogen-bond donors (Lipinski definition) is 1. The summed E-state index contributed by atoms with van der Waals surface area (Å²) in [4.78, 5) is 18.6. The molecule has 0 saturated carbocycles. The molecule has 3 heterocycles. The molecule has 0 unspecified atom stereocenters. The lowest BCUT2D eigenvalue weighted by atomic mass is 10.2. The molecule has 2 aromatic rings. The van der Waals surface area contributed by atoms with Crippen LogP contribution in [0.2, 0.25) is 0 Å². The zero-order valence-electron chi connectivity index (χ0n) is 12.4. The Balaban J connectivity index is 1.73. The van der Waals surface area contributed by atoms with E-state index in [1.54, 1.807) is 13.2 Å². The van der Waals surface area contributed by atoms with Crippen molar-refractivity contribution in [2.24, 2.45) is 7.05 Å². The van der Waals surface area contributed by atoms with Gasteiger partial charge in [-0.15, -0.1) is 0 Å². The largest absolute Gasteiger partial charge is 0.379 e. The molecule has 0 atom stereocenters. The summed E-state index contributed by atoms with van der Waals surface area (Å²) in [5, 5.41) is 7.27. The van der Waals surface area contributed by atoms with Crippen molar-refractivity contribution < 1.29 is 0 Å². The molecule has 0 amide bonds. The number of rotatable bonds is 4. The molecule has 0 aliphatic carbocycles. The van der Waals surface area contributed by atoms with Crippen molar-refractivity contribution in [2.45, 2.75) is 19.4 Å². The van der Waals surface area contributed by atoms with E-state index in [9.17, 15) is 4.79 Å². The Kier molecular flexibility index (Phi) is 4.42. The number of halogens is 1. The van der Waals surface area contributed by atoms with Gasteiger partial charge in [-0.1, -0.05) is 0 Å². The Morgan fingerprint density at radius 1 is 1.36 bits per heavy atom. The van der Waals surface area contributed by atoms with Crippen LogP contribution in [0.3, 0.4) is 0 Å². The van der Waals surface area contributed by atoms with Crippen LogP contribution in [0.1, 0.15) is 18.4 Å². The van der Waals surface area contributed by atoms with Crippen molar-refractivity contribution in [3.8, 4) is 0 Å². The van der Waals surface area contributed by atoms with Gasteiger partial charge in [-0.3, -0.25) is 4.79 Å². The summed E-state index contributed by atoms with van der Waals surface area (Å²) < 4.78 is 1.80. The maximum absolute atomic E-state index is 11.8. The highest BCUT2D eigenvalue weighted by atomic mass is 79.9. The third-order valence-electron chi connectivity index (χ3n) is 3.80. The minimum Gasteiger partial charge on any atom is -0.379 e. The number of anilines is 2. The standard InChI is InChI=1S/C15H18BrN5O/c1-20-15(22)14(16)12(10-19-20)18-9-11-4-5-17-13(8-11)21-6-2-3-7-21/h4-5,8,10,18H,2-3,6-7,9H2,1H3. The van der Waals surface area contributed by atoms with Crippen molar-refractivity contribution in [3.05, 3.63) is 44.9 Å². The van der Waals surface area contributed by atoms with Crippen LogP contribution in [0, 0.1) is 0 Å². The van der Waals surface area contributed by atoms with E-state index >= 15 is 0 Å². The minimum atomic E-state index is -0.155. The van der Waals surface area contributed by atoms with Crippen molar-refractivity contribution >= 4 is 27.4 Å². The van der Waals surface area contributed by atoms with E-state index in [-0.39, 0.29) is 5.56 Å². The molecule has 6 nitrogen and oxygen atoms in total. The molecule has 7 heteroatoms. The van der Waals surface area contributed by atoms with Crippen molar-refractivity contribution in [1.82, 2.24) is 14.8 Å². The molecule has 3 rings (SSSR count). The van der Waals surface area contributed by atoms with Gasteiger partial charge in [-0.2, -0.15) is 5.10 Å². The van der Waals surface area contributed by atoms with Gasteiger partial charge < -0.3 is 10.2 Å². The van der Waals surface area contributed by atoms with Crippen LogP contribution in [0.15, 0.2) is 33.8 Å². The summed E-state index contributed by atoms with van der Waals surface area (Å²) in [7, 11) is 1.63. The fourth-order valence-electron chi connectivity index (χ4n) is 2.52. The maximum Gasteiger partial charge on any atom is 0.282 e. The predicted molar refractivity (Wildman–Crippen MR) is 90.2 cm³/mol. The van der Waals surface area contributed by atoms with E-state index in [0.29, 0.717) is 16.7 Å². The Morgan fingerprint density at radius 2 is 2.14 bits per heavy atom. The van der Waals surface area contributed by atoms with Crippen LogP contribution >= 0.6 is 15.9 Å². The van der Waals surface area contributed by atoms with Crippen LogP contribution in [0.5, 0.6) is 0 Å². The second-order valence-electron chi connectivity index (χ2n) is 5.37. The van der Waals surface area contributed by atoms with Gasteiger partial charge in [0, 0.05) is 32.9 Å². The Hall–Kier alpha value is -1.89. The average Bonchev–Trinajstić information content (AvgIpc) is 3.07. The molecule has 0 spiro atoms. The third kappa shape index (κ3) is 3.14. The van der Waals surface area contributed by atoms with Gasteiger partial charge >= 0.3 is 0 Å². The van der Waals surface area contributed by atoms with Crippen molar-refractivity contribution in [2.75, 3.05) is 23.3 Å². The molecule has 1 fully saturated rings. The monoisotopic (exact) mass is 363 g/mol. The minimum absolute atomic E-state index is 0.155. The summed E-state index contributed by atoms with van der Waals surface area (Å²) in [5.74, 6) is 1.03. The molecule has 1 aliphatic rings.